The molecule has 1 N–H and O–H groups in total. The van der Waals surface area contributed by atoms with Gasteiger partial charge in [-0.1, -0.05) is 30.3 Å². The van der Waals surface area contributed by atoms with E-state index in [2.05, 4.69) is 4.98 Å². The second-order valence-corrected chi connectivity index (χ2v) is 4.00. The quantitative estimate of drug-likeness (QED) is 0.817. The molecule has 2 rings (SSSR count). The van der Waals surface area contributed by atoms with Crippen LogP contribution in [0.2, 0.25) is 0 Å². The standard InChI is InChI=1S/C14H13NO2/c1-14(17,12-7-3-2-4-8-12)13-11(10-16)6-5-9-15-13/h2-10,17H,1H3. The highest BCUT2D eigenvalue weighted by molar-refractivity contribution is 5.77. The number of hydrogen-bond acceptors (Lipinski definition) is 3. The molecule has 0 saturated carbocycles. The molecule has 0 amide bonds. The number of benzene rings is 1. The third kappa shape index (κ3) is 2.10. The first-order valence-electron chi connectivity index (χ1n) is 5.35. The van der Waals surface area contributed by atoms with E-state index < -0.39 is 5.60 Å². The van der Waals surface area contributed by atoms with Gasteiger partial charge in [-0.3, -0.25) is 9.78 Å². The number of aldehydes is 1. The Morgan fingerprint density at radius 1 is 1.18 bits per heavy atom. The van der Waals surface area contributed by atoms with Gasteiger partial charge in [0.25, 0.3) is 0 Å². The Bertz CT molecular complexity index is 521. The molecule has 0 radical (unpaired) electrons. The molecule has 2 aromatic rings. The minimum absolute atomic E-state index is 0.376. The van der Waals surface area contributed by atoms with Crippen molar-refractivity contribution in [2.45, 2.75) is 12.5 Å². The van der Waals surface area contributed by atoms with Crippen LogP contribution in [0.4, 0.5) is 0 Å². The first kappa shape index (κ1) is 11.5. The van der Waals surface area contributed by atoms with Gasteiger partial charge < -0.3 is 5.11 Å². The molecular weight excluding hydrogens is 214 g/mol. The maximum absolute atomic E-state index is 11.0. The Morgan fingerprint density at radius 3 is 2.53 bits per heavy atom. The minimum Gasteiger partial charge on any atom is -0.379 e. The summed E-state index contributed by atoms with van der Waals surface area (Å²) in [5.74, 6) is 0. The lowest BCUT2D eigenvalue weighted by atomic mass is 9.90. The highest BCUT2D eigenvalue weighted by Gasteiger charge is 2.29. The number of carbonyl (C=O) groups excluding carboxylic acids is 1. The predicted molar refractivity (Wildman–Crippen MR) is 64.7 cm³/mol. The van der Waals surface area contributed by atoms with Crippen molar-refractivity contribution in [2.24, 2.45) is 0 Å². The molecule has 1 unspecified atom stereocenters. The molecule has 17 heavy (non-hydrogen) atoms. The van der Waals surface area contributed by atoms with E-state index in [0.717, 1.165) is 0 Å². The van der Waals surface area contributed by atoms with E-state index >= 15 is 0 Å². The van der Waals surface area contributed by atoms with Gasteiger partial charge in [0.15, 0.2) is 6.29 Å². The van der Waals surface area contributed by atoms with Crippen LogP contribution in [0.15, 0.2) is 48.7 Å². The zero-order valence-corrected chi connectivity index (χ0v) is 9.50. The third-order valence-electron chi connectivity index (χ3n) is 2.76. The van der Waals surface area contributed by atoms with Crippen LogP contribution in [0, 0.1) is 0 Å². The second kappa shape index (κ2) is 4.47. The highest BCUT2D eigenvalue weighted by atomic mass is 16.3. The summed E-state index contributed by atoms with van der Waals surface area (Å²) >= 11 is 0. The lowest BCUT2D eigenvalue weighted by molar-refractivity contribution is 0.0937. The van der Waals surface area contributed by atoms with Crippen LogP contribution in [-0.2, 0) is 5.60 Å². The molecule has 0 aliphatic heterocycles. The number of aliphatic hydroxyl groups is 1. The monoisotopic (exact) mass is 227 g/mol. The predicted octanol–water partition coefficient (Wildman–Crippen LogP) is 2.15. The molecule has 0 fully saturated rings. The first-order valence-corrected chi connectivity index (χ1v) is 5.35. The van der Waals surface area contributed by atoms with Crippen LogP contribution < -0.4 is 0 Å². The average molecular weight is 227 g/mol. The topological polar surface area (TPSA) is 50.2 Å². The van der Waals surface area contributed by atoms with Crippen molar-refractivity contribution < 1.29 is 9.90 Å². The van der Waals surface area contributed by atoms with Crippen LogP contribution in [0.25, 0.3) is 0 Å². The highest BCUT2D eigenvalue weighted by Crippen LogP contribution is 2.28. The van der Waals surface area contributed by atoms with Crippen LogP contribution >= 0.6 is 0 Å². The van der Waals surface area contributed by atoms with Crippen molar-refractivity contribution in [3.8, 4) is 0 Å². The summed E-state index contributed by atoms with van der Waals surface area (Å²) in [5, 5.41) is 10.5. The number of carbonyl (C=O) groups is 1. The molecule has 1 atom stereocenters. The largest absolute Gasteiger partial charge is 0.379 e. The van der Waals surface area contributed by atoms with Crippen LogP contribution in [0.5, 0.6) is 0 Å². The summed E-state index contributed by atoms with van der Waals surface area (Å²) < 4.78 is 0. The zero-order valence-electron chi connectivity index (χ0n) is 9.50. The van der Waals surface area contributed by atoms with Crippen molar-refractivity contribution in [3.05, 3.63) is 65.5 Å². The first-order chi connectivity index (χ1) is 8.16. The Labute approximate surface area is 99.8 Å². The van der Waals surface area contributed by atoms with E-state index in [9.17, 15) is 9.90 Å². The molecule has 3 nitrogen and oxygen atoms in total. The van der Waals surface area contributed by atoms with Gasteiger partial charge in [0.2, 0.25) is 0 Å². The summed E-state index contributed by atoms with van der Waals surface area (Å²) in [6.45, 7) is 1.64. The summed E-state index contributed by atoms with van der Waals surface area (Å²) in [4.78, 5) is 15.1. The van der Waals surface area contributed by atoms with Crippen molar-refractivity contribution in [3.63, 3.8) is 0 Å². The van der Waals surface area contributed by atoms with Crippen molar-refractivity contribution in [2.75, 3.05) is 0 Å². The van der Waals surface area contributed by atoms with Gasteiger partial charge in [0.1, 0.15) is 5.60 Å². The van der Waals surface area contributed by atoms with Gasteiger partial charge in [-0.15, -0.1) is 0 Å². The SMILES string of the molecule is CC(O)(c1ccccc1)c1ncccc1C=O. The fourth-order valence-corrected chi connectivity index (χ4v) is 1.82. The van der Waals surface area contributed by atoms with E-state index in [4.69, 9.17) is 0 Å². The van der Waals surface area contributed by atoms with Gasteiger partial charge in [0.05, 0.1) is 5.69 Å². The Balaban J connectivity index is 2.55. The smallest absolute Gasteiger partial charge is 0.152 e. The Morgan fingerprint density at radius 2 is 1.88 bits per heavy atom. The van der Waals surface area contributed by atoms with E-state index in [1.807, 2.05) is 30.3 Å². The van der Waals surface area contributed by atoms with Crippen molar-refractivity contribution in [1.29, 1.82) is 0 Å². The second-order valence-electron chi connectivity index (χ2n) is 4.00. The maximum Gasteiger partial charge on any atom is 0.152 e. The molecule has 0 spiro atoms. The number of nitrogens with zero attached hydrogens (tertiary/aromatic N) is 1. The van der Waals surface area contributed by atoms with Crippen LogP contribution in [0.1, 0.15) is 28.5 Å². The zero-order chi connectivity index (χ0) is 12.3. The molecular formula is C14H13NO2. The van der Waals surface area contributed by atoms with Gasteiger partial charge in [-0.2, -0.15) is 0 Å². The molecule has 0 saturated heterocycles. The van der Waals surface area contributed by atoms with Crippen molar-refractivity contribution >= 4 is 6.29 Å². The Hall–Kier alpha value is -2.00. The maximum atomic E-state index is 11.0. The van der Waals surface area contributed by atoms with Crippen LogP contribution in [-0.4, -0.2) is 16.4 Å². The average Bonchev–Trinajstić information content (AvgIpc) is 2.39. The molecule has 1 heterocycles. The molecule has 1 aromatic heterocycles. The molecule has 86 valence electrons. The number of aromatic nitrogens is 1. The fourth-order valence-electron chi connectivity index (χ4n) is 1.82. The fraction of sp³-hybridized carbons (Fsp3) is 0.143. The lowest BCUT2D eigenvalue weighted by Crippen LogP contribution is -2.25. The van der Waals surface area contributed by atoms with Gasteiger partial charge in [0, 0.05) is 11.8 Å². The Kier molecular flexibility index (Phi) is 3.02. The summed E-state index contributed by atoms with van der Waals surface area (Å²) in [7, 11) is 0. The number of hydrogen-bond donors (Lipinski definition) is 1. The molecule has 0 bridgehead atoms. The van der Waals surface area contributed by atoms with Gasteiger partial charge in [-0.25, -0.2) is 0 Å². The number of rotatable bonds is 3. The van der Waals surface area contributed by atoms with E-state index in [1.54, 1.807) is 25.3 Å². The minimum atomic E-state index is -1.27. The molecule has 0 aliphatic carbocycles. The summed E-state index contributed by atoms with van der Waals surface area (Å²) in [5.41, 5.74) is 0.225. The molecule has 1 aromatic carbocycles. The lowest BCUT2D eigenvalue weighted by Gasteiger charge is -2.24. The summed E-state index contributed by atoms with van der Waals surface area (Å²) in [6.07, 6.45) is 2.28. The van der Waals surface area contributed by atoms with Crippen LogP contribution in [0.3, 0.4) is 0 Å². The number of pyridine rings is 1. The third-order valence-corrected chi connectivity index (χ3v) is 2.76. The van der Waals surface area contributed by atoms with E-state index in [1.165, 1.54) is 0 Å². The summed E-state index contributed by atoms with van der Waals surface area (Å²) in [6, 6.07) is 12.5. The van der Waals surface area contributed by atoms with Gasteiger partial charge in [-0.05, 0) is 24.6 Å². The van der Waals surface area contributed by atoms with E-state index in [0.29, 0.717) is 23.1 Å². The molecule has 3 heteroatoms. The van der Waals surface area contributed by atoms with E-state index in [-0.39, 0.29) is 0 Å². The molecule has 0 aliphatic rings. The normalized spacial score (nSPS) is 14.0. The van der Waals surface area contributed by atoms with Crippen molar-refractivity contribution in [1.82, 2.24) is 4.98 Å². The van der Waals surface area contributed by atoms with Gasteiger partial charge >= 0.3 is 0 Å².